The number of hydrogen-bond acceptors (Lipinski definition) is 3. The lowest BCUT2D eigenvalue weighted by Crippen LogP contribution is -2.48. The topological polar surface area (TPSA) is 43.8 Å². The van der Waals surface area contributed by atoms with Crippen molar-refractivity contribution in [3.63, 3.8) is 0 Å². The van der Waals surface area contributed by atoms with Crippen molar-refractivity contribution in [1.29, 1.82) is 0 Å². The van der Waals surface area contributed by atoms with Crippen molar-refractivity contribution < 1.29 is 9.90 Å². The number of hydrogen-bond donors (Lipinski definition) is 1. The standard InChI is InChI=1S/C16H22N2O2/c19-16(20)15-11-13-5-1-2-6-14(13)12-18(15)10-9-17-7-3-4-8-17/h1-2,5-6,15H,3-4,7-12H2,(H,19,20). The molecule has 2 aliphatic rings. The maximum Gasteiger partial charge on any atom is 0.321 e. The third-order valence-electron chi connectivity index (χ3n) is 4.53. The zero-order valence-corrected chi connectivity index (χ0v) is 11.8. The molecule has 1 fully saturated rings. The SMILES string of the molecule is O=C(O)C1Cc2ccccc2CN1CCN1CCCC1. The maximum atomic E-state index is 11.5. The van der Waals surface area contributed by atoms with Crippen LogP contribution in [0, 0.1) is 0 Å². The van der Waals surface area contributed by atoms with Gasteiger partial charge in [0, 0.05) is 19.6 Å². The molecule has 0 bridgehead atoms. The molecule has 0 radical (unpaired) electrons. The molecule has 1 N–H and O–H groups in total. The van der Waals surface area contributed by atoms with Gasteiger partial charge in [0.25, 0.3) is 0 Å². The molecule has 20 heavy (non-hydrogen) atoms. The number of rotatable bonds is 4. The first kappa shape index (κ1) is 13.6. The predicted octanol–water partition coefficient (Wildman–Crippen LogP) is 1.59. The largest absolute Gasteiger partial charge is 0.480 e. The van der Waals surface area contributed by atoms with Crippen molar-refractivity contribution in [2.45, 2.75) is 31.8 Å². The molecule has 2 heterocycles. The third-order valence-corrected chi connectivity index (χ3v) is 4.53. The minimum absolute atomic E-state index is 0.368. The van der Waals surface area contributed by atoms with E-state index in [0.29, 0.717) is 6.42 Å². The van der Waals surface area contributed by atoms with Gasteiger partial charge >= 0.3 is 5.97 Å². The van der Waals surface area contributed by atoms with Gasteiger partial charge in [0.15, 0.2) is 0 Å². The molecular weight excluding hydrogens is 252 g/mol. The second-order valence-corrected chi connectivity index (χ2v) is 5.85. The molecule has 0 aromatic heterocycles. The van der Waals surface area contributed by atoms with Gasteiger partial charge < -0.3 is 10.0 Å². The van der Waals surface area contributed by atoms with Crippen molar-refractivity contribution in [1.82, 2.24) is 9.80 Å². The molecule has 4 nitrogen and oxygen atoms in total. The van der Waals surface area contributed by atoms with Gasteiger partial charge in [-0.25, -0.2) is 0 Å². The van der Waals surface area contributed by atoms with Crippen molar-refractivity contribution in [3.05, 3.63) is 35.4 Å². The van der Waals surface area contributed by atoms with Crippen LogP contribution in [-0.4, -0.2) is 53.1 Å². The van der Waals surface area contributed by atoms with Crippen LogP contribution in [0.25, 0.3) is 0 Å². The molecule has 1 saturated heterocycles. The molecule has 1 unspecified atom stereocenters. The van der Waals surface area contributed by atoms with Gasteiger partial charge in [0.1, 0.15) is 6.04 Å². The first-order chi connectivity index (χ1) is 9.74. The first-order valence-corrected chi connectivity index (χ1v) is 7.50. The van der Waals surface area contributed by atoms with E-state index in [1.165, 1.54) is 37.1 Å². The van der Waals surface area contributed by atoms with E-state index >= 15 is 0 Å². The first-order valence-electron chi connectivity index (χ1n) is 7.50. The highest BCUT2D eigenvalue weighted by atomic mass is 16.4. The van der Waals surface area contributed by atoms with E-state index in [4.69, 9.17) is 0 Å². The van der Waals surface area contributed by atoms with E-state index in [-0.39, 0.29) is 6.04 Å². The molecule has 0 amide bonds. The zero-order valence-electron chi connectivity index (χ0n) is 11.8. The van der Waals surface area contributed by atoms with Crippen molar-refractivity contribution in [2.24, 2.45) is 0 Å². The summed E-state index contributed by atoms with van der Waals surface area (Å²) in [5, 5.41) is 9.47. The normalized spacial score (nSPS) is 23.7. The fourth-order valence-electron chi connectivity index (χ4n) is 3.33. The number of benzene rings is 1. The summed E-state index contributed by atoms with van der Waals surface area (Å²) in [5.41, 5.74) is 2.48. The van der Waals surface area contributed by atoms with Gasteiger partial charge in [-0.2, -0.15) is 0 Å². The highest BCUT2D eigenvalue weighted by Crippen LogP contribution is 2.23. The molecule has 0 aliphatic carbocycles. The number of nitrogens with zero attached hydrogens (tertiary/aromatic N) is 2. The van der Waals surface area contributed by atoms with Crippen LogP contribution in [0.1, 0.15) is 24.0 Å². The van der Waals surface area contributed by atoms with E-state index in [9.17, 15) is 9.90 Å². The smallest absolute Gasteiger partial charge is 0.321 e. The Morgan fingerprint density at radius 3 is 2.55 bits per heavy atom. The minimum atomic E-state index is -0.694. The molecule has 4 heteroatoms. The molecular formula is C16H22N2O2. The van der Waals surface area contributed by atoms with Gasteiger partial charge in [-0.3, -0.25) is 9.69 Å². The fraction of sp³-hybridized carbons (Fsp3) is 0.562. The highest BCUT2D eigenvalue weighted by Gasteiger charge is 2.31. The summed E-state index contributed by atoms with van der Waals surface area (Å²) in [6.07, 6.45) is 3.20. The van der Waals surface area contributed by atoms with Crippen molar-refractivity contribution >= 4 is 5.97 Å². The summed E-state index contributed by atoms with van der Waals surface area (Å²) in [5.74, 6) is -0.694. The third kappa shape index (κ3) is 2.86. The van der Waals surface area contributed by atoms with Crippen LogP contribution >= 0.6 is 0 Å². The maximum absolute atomic E-state index is 11.5. The molecule has 2 aliphatic heterocycles. The van der Waals surface area contributed by atoms with Crippen LogP contribution in [0.5, 0.6) is 0 Å². The van der Waals surface area contributed by atoms with Crippen LogP contribution in [0.4, 0.5) is 0 Å². The number of carboxylic acids is 1. The monoisotopic (exact) mass is 274 g/mol. The Bertz CT molecular complexity index is 483. The Hall–Kier alpha value is -1.39. The number of fused-ring (bicyclic) bond motifs is 1. The summed E-state index contributed by atoms with van der Waals surface area (Å²) in [4.78, 5) is 16.1. The van der Waals surface area contributed by atoms with Crippen LogP contribution < -0.4 is 0 Å². The summed E-state index contributed by atoms with van der Waals surface area (Å²) < 4.78 is 0. The number of aliphatic carboxylic acids is 1. The number of carboxylic acid groups (broad SMARTS) is 1. The van der Waals surface area contributed by atoms with E-state index in [1.54, 1.807) is 0 Å². The minimum Gasteiger partial charge on any atom is -0.480 e. The Labute approximate surface area is 120 Å². The van der Waals surface area contributed by atoms with Crippen LogP contribution in [0.3, 0.4) is 0 Å². The average Bonchev–Trinajstić information content (AvgIpc) is 2.97. The Morgan fingerprint density at radius 1 is 1.15 bits per heavy atom. The van der Waals surface area contributed by atoms with Gasteiger partial charge in [-0.15, -0.1) is 0 Å². The Morgan fingerprint density at radius 2 is 1.85 bits per heavy atom. The zero-order chi connectivity index (χ0) is 13.9. The lowest BCUT2D eigenvalue weighted by Gasteiger charge is -2.35. The summed E-state index contributed by atoms with van der Waals surface area (Å²) >= 11 is 0. The van der Waals surface area contributed by atoms with Crippen molar-refractivity contribution in [3.8, 4) is 0 Å². The van der Waals surface area contributed by atoms with Gasteiger partial charge in [0.05, 0.1) is 0 Å². The van der Waals surface area contributed by atoms with E-state index in [2.05, 4.69) is 21.9 Å². The summed E-state index contributed by atoms with van der Waals surface area (Å²) in [6, 6.07) is 7.85. The second kappa shape index (κ2) is 5.94. The van der Waals surface area contributed by atoms with Crippen molar-refractivity contribution in [2.75, 3.05) is 26.2 Å². The number of carbonyl (C=O) groups is 1. The fourth-order valence-corrected chi connectivity index (χ4v) is 3.33. The second-order valence-electron chi connectivity index (χ2n) is 5.85. The van der Waals surface area contributed by atoms with Gasteiger partial charge in [-0.1, -0.05) is 24.3 Å². The molecule has 1 aromatic carbocycles. The van der Waals surface area contributed by atoms with E-state index in [0.717, 1.165) is 19.6 Å². The molecule has 1 aromatic rings. The molecule has 0 spiro atoms. The molecule has 3 rings (SSSR count). The van der Waals surface area contributed by atoms with Crippen LogP contribution in [0.2, 0.25) is 0 Å². The summed E-state index contributed by atoms with van der Waals surface area (Å²) in [7, 11) is 0. The van der Waals surface area contributed by atoms with Crippen LogP contribution in [0.15, 0.2) is 24.3 Å². The average molecular weight is 274 g/mol. The van der Waals surface area contributed by atoms with E-state index < -0.39 is 5.97 Å². The highest BCUT2D eigenvalue weighted by molar-refractivity contribution is 5.74. The Kier molecular flexibility index (Phi) is 4.03. The lowest BCUT2D eigenvalue weighted by molar-refractivity contribution is -0.144. The lowest BCUT2D eigenvalue weighted by atomic mass is 9.94. The van der Waals surface area contributed by atoms with Crippen LogP contribution in [-0.2, 0) is 17.8 Å². The quantitative estimate of drug-likeness (QED) is 0.905. The molecule has 0 saturated carbocycles. The number of likely N-dealkylation sites (tertiary alicyclic amines) is 1. The Balaban J connectivity index is 1.69. The van der Waals surface area contributed by atoms with Gasteiger partial charge in [-0.05, 0) is 43.5 Å². The molecule has 108 valence electrons. The predicted molar refractivity (Wildman–Crippen MR) is 77.7 cm³/mol. The van der Waals surface area contributed by atoms with Gasteiger partial charge in [0.2, 0.25) is 0 Å². The van der Waals surface area contributed by atoms with E-state index in [1.807, 2.05) is 12.1 Å². The molecule has 1 atom stereocenters. The summed E-state index contributed by atoms with van der Waals surface area (Å²) in [6.45, 7) is 4.95.